The molecule has 8 nitrogen and oxygen atoms in total. The number of carbonyl (C=O) groups excluding carboxylic acids is 1. The molecule has 0 aliphatic carbocycles. The van der Waals surface area contributed by atoms with Gasteiger partial charge in [-0.1, -0.05) is 11.2 Å². The molecule has 2 aliphatic heterocycles. The van der Waals surface area contributed by atoms with Gasteiger partial charge in [-0.3, -0.25) is 4.79 Å². The van der Waals surface area contributed by atoms with Gasteiger partial charge in [-0.05, 0) is 55.7 Å². The van der Waals surface area contributed by atoms with Crippen LogP contribution < -0.4 is 15.5 Å². The zero-order valence-corrected chi connectivity index (χ0v) is 19.7. The van der Waals surface area contributed by atoms with Crippen LogP contribution in [0.5, 0.6) is 0 Å². The molecule has 2 aliphatic rings. The number of amides is 1. The minimum atomic E-state index is -0.305. The van der Waals surface area contributed by atoms with E-state index in [1.807, 2.05) is 31.2 Å². The average Bonchev–Trinajstić information content (AvgIpc) is 3.36. The molecule has 2 N–H and O–H groups in total. The molecule has 2 fully saturated rings. The van der Waals surface area contributed by atoms with Gasteiger partial charge in [0.2, 0.25) is 5.76 Å². The summed E-state index contributed by atoms with van der Waals surface area (Å²) in [7, 11) is 0. The van der Waals surface area contributed by atoms with Crippen molar-refractivity contribution in [2.45, 2.75) is 25.8 Å². The summed E-state index contributed by atoms with van der Waals surface area (Å²) < 4.78 is 30.5. The smallest absolute Gasteiger partial charge is 0.290 e. The van der Waals surface area contributed by atoms with Crippen LogP contribution in [0.4, 0.5) is 21.5 Å². The maximum atomic E-state index is 14.4. The Labute approximate surface area is 203 Å². The number of ether oxygens (including phenoxy) is 2. The van der Waals surface area contributed by atoms with Crippen molar-refractivity contribution in [3.63, 3.8) is 0 Å². The number of carbonyl (C=O) groups is 1. The van der Waals surface area contributed by atoms with Crippen LogP contribution in [-0.4, -0.2) is 56.6 Å². The monoisotopic (exact) mass is 480 g/mol. The van der Waals surface area contributed by atoms with Gasteiger partial charge in [-0.2, -0.15) is 0 Å². The topological polar surface area (TPSA) is 88.9 Å². The Morgan fingerprint density at radius 2 is 1.77 bits per heavy atom. The lowest BCUT2D eigenvalue weighted by molar-refractivity contribution is 0.0679. The molecule has 2 saturated heterocycles. The Kier molecular flexibility index (Phi) is 6.96. The van der Waals surface area contributed by atoms with E-state index >= 15 is 0 Å². The van der Waals surface area contributed by atoms with E-state index in [0.717, 1.165) is 48.4 Å². The Morgan fingerprint density at radius 1 is 1.00 bits per heavy atom. The highest BCUT2D eigenvalue weighted by molar-refractivity contribution is 5.92. The molecule has 184 valence electrons. The molecule has 35 heavy (non-hydrogen) atoms. The van der Waals surface area contributed by atoms with Crippen LogP contribution in [0.15, 0.2) is 47.0 Å². The third-order valence-electron chi connectivity index (χ3n) is 6.35. The fourth-order valence-electron chi connectivity index (χ4n) is 4.40. The van der Waals surface area contributed by atoms with Crippen LogP contribution in [0.3, 0.4) is 0 Å². The summed E-state index contributed by atoms with van der Waals surface area (Å²) in [5, 5.41) is 10.4. The van der Waals surface area contributed by atoms with Crippen LogP contribution in [0.25, 0.3) is 11.3 Å². The number of nitrogens with zero attached hydrogens (tertiary/aromatic N) is 2. The molecule has 3 aromatic rings. The molecule has 2 aromatic carbocycles. The van der Waals surface area contributed by atoms with Gasteiger partial charge in [0.15, 0.2) is 0 Å². The summed E-state index contributed by atoms with van der Waals surface area (Å²) in [4.78, 5) is 14.7. The summed E-state index contributed by atoms with van der Waals surface area (Å²) in [5.41, 5.74) is 4.62. The van der Waals surface area contributed by atoms with Gasteiger partial charge in [-0.15, -0.1) is 0 Å². The van der Waals surface area contributed by atoms with Crippen LogP contribution in [-0.2, 0) is 9.47 Å². The van der Waals surface area contributed by atoms with Gasteiger partial charge in [0.1, 0.15) is 11.5 Å². The number of hydrogen-bond donors (Lipinski definition) is 2. The van der Waals surface area contributed by atoms with Gasteiger partial charge >= 0.3 is 0 Å². The first-order valence-corrected chi connectivity index (χ1v) is 11.9. The lowest BCUT2D eigenvalue weighted by atomic mass is 10.0. The van der Waals surface area contributed by atoms with E-state index in [1.54, 1.807) is 12.1 Å². The molecule has 5 rings (SSSR count). The van der Waals surface area contributed by atoms with Crippen LogP contribution in [0, 0.1) is 12.7 Å². The average molecular weight is 481 g/mol. The molecule has 1 amide bonds. The minimum absolute atomic E-state index is 0.0766. The van der Waals surface area contributed by atoms with E-state index in [2.05, 4.69) is 20.7 Å². The van der Waals surface area contributed by atoms with Crippen molar-refractivity contribution in [1.82, 2.24) is 10.5 Å². The van der Waals surface area contributed by atoms with E-state index in [1.165, 1.54) is 6.07 Å². The first-order valence-electron chi connectivity index (χ1n) is 11.9. The van der Waals surface area contributed by atoms with E-state index in [4.69, 9.17) is 14.0 Å². The predicted molar refractivity (Wildman–Crippen MR) is 131 cm³/mol. The Morgan fingerprint density at radius 3 is 2.57 bits per heavy atom. The highest BCUT2D eigenvalue weighted by atomic mass is 19.1. The first kappa shape index (κ1) is 23.3. The molecule has 1 aromatic heterocycles. The predicted octanol–water partition coefficient (Wildman–Crippen LogP) is 4.28. The summed E-state index contributed by atoms with van der Waals surface area (Å²) in [6.45, 7) is 5.98. The van der Waals surface area contributed by atoms with Crippen molar-refractivity contribution in [1.29, 1.82) is 0 Å². The summed E-state index contributed by atoms with van der Waals surface area (Å²) in [5.74, 6) is -0.414. The number of nitrogens with one attached hydrogen (secondary N) is 2. The number of aromatic nitrogens is 1. The van der Waals surface area contributed by atoms with Crippen molar-refractivity contribution in [2.75, 3.05) is 49.7 Å². The highest BCUT2D eigenvalue weighted by Gasteiger charge is 2.21. The summed E-state index contributed by atoms with van der Waals surface area (Å²) in [6.07, 6.45) is 1.57. The van der Waals surface area contributed by atoms with Crippen molar-refractivity contribution in [3.05, 3.63) is 59.6 Å². The second-order valence-corrected chi connectivity index (χ2v) is 8.89. The van der Waals surface area contributed by atoms with Gasteiger partial charge in [-0.25, -0.2) is 4.39 Å². The second kappa shape index (κ2) is 10.5. The summed E-state index contributed by atoms with van der Waals surface area (Å²) in [6, 6.07) is 12.5. The molecule has 9 heteroatoms. The van der Waals surface area contributed by atoms with Gasteiger partial charge < -0.3 is 29.5 Å². The Bertz CT molecular complexity index is 1190. The molecule has 0 atom stereocenters. The van der Waals surface area contributed by atoms with E-state index < -0.39 is 0 Å². The van der Waals surface area contributed by atoms with E-state index in [0.29, 0.717) is 37.8 Å². The maximum Gasteiger partial charge on any atom is 0.290 e. The van der Waals surface area contributed by atoms with Crippen LogP contribution in [0.1, 0.15) is 29.0 Å². The molecule has 0 unspecified atom stereocenters. The molecule has 0 saturated carbocycles. The van der Waals surface area contributed by atoms with Crippen molar-refractivity contribution >= 4 is 23.0 Å². The normalized spacial score (nSPS) is 16.8. The standard InChI is InChI=1S/C26H29FN4O4/c1-17-2-3-20(28-21-12-18(27)13-22(14-21)31-6-10-34-11-7-31)15-23(17)24-16-25(35-30-24)26(32)29-19-4-8-33-9-5-19/h2-3,12-16,19,28H,4-11H2,1H3,(H,29,32). The lowest BCUT2D eigenvalue weighted by Crippen LogP contribution is -2.38. The fourth-order valence-corrected chi connectivity index (χ4v) is 4.40. The van der Waals surface area contributed by atoms with Crippen molar-refractivity contribution < 1.29 is 23.2 Å². The van der Waals surface area contributed by atoms with E-state index in [9.17, 15) is 9.18 Å². The summed E-state index contributed by atoms with van der Waals surface area (Å²) >= 11 is 0. The quantitative estimate of drug-likeness (QED) is 0.544. The first-order chi connectivity index (χ1) is 17.0. The van der Waals surface area contributed by atoms with Gasteiger partial charge in [0.05, 0.1) is 13.2 Å². The number of benzene rings is 2. The van der Waals surface area contributed by atoms with E-state index in [-0.39, 0.29) is 23.5 Å². The zero-order valence-electron chi connectivity index (χ0n) is 19.7. The number of rotatable bonds is 6. The molecular formula is C26H29FN4O4. The van der Waals surface area contributed by atoms with Crippen molar-refractivity contribution in [2.24, 2.45) is 0 Å². The third-order valence-corrected chi connectivity index (χ3v) is 6.35. The SMILES string of the molecule is Cc1ccc(Nc2cc(F)cc(N3CCOCC3)c2)cc1-c1cc(C(=O)NC2CCOCC2)on1. The van der Waals surface area contributed by atoms with Crippen LogP contribution >= 0.6 is 0 Å². The minimum Gasteiger partial charge on any atom is -0.381 e. The molecular weight excluding hydrogens is 451 g/mol. The number of halogens is 1. The molecule has 3 heterocycles. The van der Waals surface area contributed by atoms with Gasteiger partial charge in [0, 0.05) is 61.0 Å². The van der Waals surface area contributed by atoms with Gasteiger partial charge in [0.25, 0.3) is 5.91 Å². The number of aryl methyl sites for hydroxylation is 1. The maximum absolute atomic E-state index is 14.4. The zero-order chi connectivity index (χ0) is 24.2. The van der Waals surface area contributed by atoms with Crippen molar-refractivity contribution in [3.8, 4) is 11.3 Å². The number of hydrogen-bond acceptors (Lipinski definition) is 7. The Balaban J connectivity index is 1.32. The fraction of sp³-hybridized carbons (Fsp3) is 0.385. The number of anilines is 3. The molecule has 0 bridgehead atoms. The number of morpholine rings is 1. The molecule has 0 radical (unpaired) electrons. The second-order valence-electron chi connectivity index (χ2n) is 8.89. The highest BCUT2D eigenvalue weighted by Crippen LogP contribution is 2.30. The van der Waals surface area contributed by atoms with Crippen LogP contribution in [0.2, 0.25) is 0 Å². The largest absolute Gasteiger partial charge is 0.381 e. The molecule has 0 spiro atoms. The third kappa shape index (κ3) is 5.63. The Hall–Kier alpha value is -3.43. The lowest BCUT2D eigenvalue weighted by Gasteiger charge is -2.29.